The summed E-state index contributed by atoms with van der Waals surface area (Å²) < 4.78 is 0. The third-order valence-corrected chi connectivity index (χ3v) is 4.79. The van der Waals surface area contributed by atoms with E-state index in [0.29, 0.717) is 17.7 Å². The van der Waals surface area contributed by atoms with Crippen LogP contribution in [-0.2, 0) is 4.79 Å². The maximum atomic E-state index is 12.5. The van der Waals surface area contributed by atoms with Crippen molar-refractivity contribution in [2.24, 2.45) is 17.8 Å². The Hall–Kier alpha value is -0.570. The number of nitrogens with zero attached hydrogens (tertiary/aromatic N) is 1. The molecule has 0 radical (unpaired) electrons. The van der Waals surface area contributed by atoms with Gasteiger partial charge in [-0.3, -0.25) is 10.1 Å². The fourth-order valence-electron chi connectivity index (χ4n) is 3.56. The highest BCUT2D eigenvalue weighted by molar-refractivity contribution is 5.84. The number of hydrogen-bond acceptors (Lipinski definition) is 2. The Kier molecular flexibility index (Phi) is 4.88. The van der Waals surface area contributed by atoms with Crippen molar-refractivity contribution in [3.05, 3.63) is 0 Å². The molecule has 1 N–H and O–H groups in total. The van der Waals surface area contributed by atoms with Gasteiger partial charge in [0.15, 0.2) is 0 Å². The molecule has 0 bridgehead atoms. The standard InChI is InChI=1S/C16H30N2O/c1-11(2)14-16(19)18(15(17-14)12(3)4)10-9-13-7-5-6-8-13/h11-15,17H,5-10H2,1-4H3. The van der Waals surface area contributed by atoms with E-state index in [0.717, 1.165) is 12.5 Å². The van der Waals surface area contributed by atoms with E-state index in [1.807, 2.05) is 0 Å². The second-order valence-electron chi connectivity index (χ2n) is 7.05. The van der Waals surface area contributed by atoms with Crippen LogP contribution >= 0.6 is 0 Å². The van der Waals surface area contributed by atoms with Gasteiger partial charge in [-0.15, -0.1) is 0 Å². The van der Waals surface area contributed by atoms with Crippen LogP contribution < -0.4 is 5.32 Å². The molecule has 0 aromatic heterocycles. The summed E-state index contributed by atoms with van der Waals surface area (Å²) in [6.07, 6.45) is 6.95. The molecule has 1 aliphatic heterocycles. The molecule has 2 rings (SSSR count). The van der Waals surface area contributed by atoms with Crippen molar-refractivity contribution < 1.29 is 4.79 Å². The Balaban J connectivity index is 1.96. The van der Waals surface area contributed by atoms with E-state index in [1.54, 1.807) is 0 Å². The number of hydrogen-bond donors (Lipinski definition) is 1. The van der Waals surface area contributed by atoms with Gasteiger partial charge in [-0.25, -0.2) is 0 Å². The molecular weight excluding hydrogens is 236 g/mol. The number of rotatable bonds is 5. The summed E-state index contributed by atoms with van der Waals surface area (Å²) in [4.78, 5) is 14.6. The topological polar surface area (TPSA) is 32.3 Å². The van der Waals surface area contributed by atoms with Gasteiger partial charge in [-0.2, -0.15) is 0 Å². The highest BCUT2D eigenvalue weighted by Crippen LogP contribution is 2.29. The zero-order valence-corrected chi connectivity index (χ0v) is 13.0. The third kappa shape index (κ3) is 3.31. The van der Waals surface area contributed by atoms with Gasteiger partial charge >= 0.3 is 0 Å². The number of nitrogens with one attached hydrogen (secondary N) is 1. The molecule has 3 nitrogen and oxygen atoms in total. The van der Waals surface area contributed by atoms with Crippen LogP contribution in [0.4, 0.5) is 0 Å². The predicted octanol–water partition coefficient (Wildman–Crippen LogP) is 3.01. The lowest BCUT2D eigenvalue weighted by Gasteiger charge is -2.28. The minimum absolute atomic E-state index is 0.0241. The minimum Gasteiger partial charge on any atom is -0.326 e. The molecule has 0 spiro atoms. The largest absolute Gasteiger partial charge is 0.326 e. The summed E-state index contributed by atoms with van der Waals surface area (Å²) in [6.45, 7) is 9.62. The van der Waals surface area contributed by atoms with E-state index in [4.69, 9.17) is 0 Å². The van der Waals surface area contributed by atoms with Crippen LogP contribution in [0.25, 0.3) is 0 Å². The van der Waals surface area contributed by atoms with Crippen LogP contribution in [0.3, 0.4) is 0 Å². The molecule has 110 valence electrons. The van der Waals surface area contributed by atoms with E-state index in [-0.39, 0.29) is 12.2 Å². The Bertz CT molecular complexity index is 308. The first-order chi connectivity index (χ1) is 9.00. The molecule has 1 saturated heterocycles. The van der Waals surface area contributed by atoms with E-state index in [2.05, 4.69) is 37.9 Å². The molecule has 2 fully saturated rings. The van der Waals surface area contributed by atoms with Gasteiger partial charge in [0, 0.05) is 6.54 Å². The van der Waals surface area contributed by atoms with Crippen molar-refractivity contribution in [3.8, 4) is 0 Å². The SMILES string of the molecule is CC(C)C1NC(C(C)C)N(CCC2CCCC2)C1=O. The lowest BCUT2D eigenvalue weighted by atomic mass is 10.0. The van der Waals surface area contributed by atoms with Crippen molar-refractivity contribution in [1.82, 2.24) is 10.2 Å². The highest BCUT2D eigenvalue weighted by Gasteiger charge is 2.41. The van der Waals surface area contributed by atoms with Crippen LogP contribution in [0.15, 0.2) is 0 Å². The lowest BCUT2D eigenvalue weighted by Crippen LogP contribution is -2.42. The Labute approximate surface area is 118 Å². The highest BCUT2D eigenvalue weighted by atomic mass is 16.2. The van der Waals surface area contributed by atoms with E-state index in [1.165, 1.54) is 32.1 Å². The fourth-order valence-corrected chi connectivity index (χ4v) is 3.56. The van der Waals surface area contributed by atoms with Crippen molar-refractivity contribution in [1.29, 1.82) is 0 Å². The van der Waals surface area contributed by atoms with Gasteiger partial charge in [0.1, 0.15) is 0 Å². The summed E-state index contributed by atoms with van der Waals surface area (Å²) in [7, 11) is 0. The summed E-state index contributed by atoms with van der Waals surface area (Å²) in [5.41, 5.74) is 0. The molecular formula is C16H30N2O. The quantitative estimate of drug-likeness (QED) is 0.829. The number of carbonyl (C=O) groups is 1. The van der Waals surface area contributed by atoms with Crippen LogP contribution in [0, 0.1) is 17.8 Å². The molecule has 1 heterocycles. The molecule has 2 aliphatic rings. The van der Waals surface area contributed by atoms with Crippen LogP contribution in [0.5, 0.6) is 0 Å². The first-order valence-corrected chi connectivity index (χ1v) is 8.07. The summed E-state index contributed by atoms with van der Waals surface area (Å²) >= 11 is 0. The molecule has 1 amide bonds. The maximum absolute atomic E-state index is 12.5. The van der Waals surface area contributed by atoms with E-state index in [9.17, 15) is 4.79 Å². The molecule has 0 aromatic carbocycles. The van der Waals surface area contributed by atoms with Crippen LogP contribution in [0.2, 0.25) is 0 Å². The van der Waals surface area contributed by atoms with Crippen molar-refractivity contribution in [2.75, 3.05) is 6.54 Å². The molecule has 2 unspecified atom stereocenters. The van der Waals surface area contributed by atoms with Crippen molar-refractivity contribution in [3.63, 3.8) is 0 Å². The van der Waals surface area contributed by atoms with Crippen molar-refractivity contribution >= 4 is 5.91 Å². The average Bonchev–Trinajstić information content (AvgIpc) is 2.94. The fraction of sp³-hybridized carbons (Fsp3) is 0.938. The van der Waals surface area contributed by atoms with Gasteiger partial charge in [0.25, 0.3) is 0 Å². The second-order valence-corrected chi connectivity index (χ2v) is 7.05. The molecule has 3 heteroatoms. The first kappa shape index (κ1) is 14.8. The summed E-state index contributed by atoms with van der Waals surface area (Å²) in [5, 5.41) is 3.54. The molecule has 19 heavy (non-hydrogen) atoms. The zero-order valence-electron chi connectivity index (χ0n) is 13.0. The summed E-state index contributed by atoms with van der Waals surface area (Å²) in [5.74, 6) is 2.05. The number of amides is 1. The zero-order chi connectivity index (χ0) is 14.0. The second kappa shape index (κ2) is 6.25. The Morgan fingerprint density at radius 3 is 2.32 bits per heavy atom. The first-order valence-electron chi connectivity index (χ1n) is 8.07. The van der Waals surface area contributed by atoms with E-state index >= 15 is 0 Å². The van der Waals surface area contributed by atoms with Crippen LogP contribution in [0.1, 0.15) is 59.8 Å². The molecule has 1 aliphatic carbocycles. The average molecular weight is 266 g/mol. The van der Waals surface area contributed by atoms with Gasteiger partial charge in [0.05, 0.1) is 12.2 Å². The van der Waals surface area contributed by atoms with Gasteiger partial charge in [0.2, 0.25) is 5.91 Å². The molecule has 0 aromatic rings. The normalized spacial score (nSPS) is 29.2. The minimum atomic E-state index is 0.0241. The van der Waals surface area contributed by atoms with E-state index < -0.39 is 0 Å². The van der Waals surface area contributed by atoms with Crippen molar-refractivity contribution in [2.45, 2.75) is 72.0 Å². The monoisotopic (exact) mass is 266 g/mol. The Morgan fingerprint density at radius 1 is 1.16 bits per heavy atom. The molecule has 2 atom stereocenters. The Morgan fingerprint density at radius 2 is 1.79 bits per heavy atom. The van der Waals surface area contributed by atoms with Crippen LogP contribution in [-0.4, -0.2) is 29.6 Å². The van der Waals surface area contributed by atoms with Gasteiger partial charge in [-0.05, 0) is 24.2 Å². The predicted molar refractivity (Wildman–Crippen MR) is 78.7 cm³/mol. The smallest absolute Gasteiger partial charge is 0.241 e. The lowest BCUT2D eigenvalue weighted by molar-refractivity contribution is -0.131. The van der Waals surface area contributed by atoms with Gasteiger partial charge in [-0.1, -0.05) is 53.4 Å². The molecule has 1 saturated carbocycles. The maximum Gasteiger partial charge on any atom is 0.241 e. The third-order valence-electron chi connectivity index (χ3n) is 4.79. The van der Waals surface area contributed by atoms with Gasteiger partial charge < -0.3 is 4.90 Å². The summed E-state index contributed by atoms with van der Waals surface area (Å²) in [6, 6.07) is 0.0241. The number of carbonyl (C=O) groups excluding carboxylic acids is 1.